The van der Waals surface area contributed by atoms with E-state index in [0.29, 0.717) is 18.0 Å². The number of hydrogen-bond donors (Lipinski definition) is 1. The topological polar surface area (TPSA) is 77.8 Å². The van der Waals surface area contributed by atoms with E-state index in [1.165, 1.54) is 19.1 Å². The number of aromatic nitrogens is 1. The minimum Gasteiger partial charge on any atom is -0.479 e. The summed E-state index contributed by atoms with van der Waals surface area (Å²) in [4.78, 5) is 23.7. The Morgan fingerprint density at radius 3 is 2.45 bits per heavy atom. The van der Waals surface area contributed by atoms with Crippen LogP contribution in [0.15, 0.2) is 72.9 Å². The van der Waals surface area contributed by atoms with Crippen LogP contribution < -0.4 is 9.47 Å². The zero-order chi connectivity index (χ0) is 24.0. The third-order valence-electron chi connectivity index (χ3n) is 4.54. The van der Waals surface area contributed by atoms with Gasteiger partial charge in [0, 0.05) is 18.3 Å². The highest BCUT2D eigenvalue weighted by Gasteiger charge is 2.31. The number of halogens is 3. The summed E-state index contributed by atoms with van der Waals surface area (Å²) in [7, 11) is 0. The molecule has 0 radical (unpaired) electrons. The molecule has 0 spiro atoms. The van der Waals surface area contributed by atoms with Crippen LogP contribution in [0.4, 0.5) is 13.2 Å². The van der Waals surface area contributed by atoms with Crippen LogP contribution in [0.5, 0.6) is 11.5 Å². The molecule has 2 aromatic carbocycles. The van der Waals surface area contributed by atoms with Crippen molar-refractivity contribution in [2.24, 2.45) is 0 Å². The number of carboxylic acid groups (broad SMARTS) is 1. The minimum absolute atomic E-state index is 0.228. The zero-order valence-corrected chi connectivity index (χ0v) is 17.5. The van der Waals surface area contributed by atoms with E-state index in [2.05, 4.69) is 4.74 Å². The van der Waals surface area contributed by atoms with Gasteiger partial charge in [-0.25, -0.2) is 4.79 Å². The highest BCUT2D eigenvalue weighted by atomic mass is 19.4. The second-order valence-electron chi connectivity index (χ2n) is 7.02. The van der Waals surface area contributed by atoms with Crippen molar-refractivity contribution < 1.29 is 37.3 Å². The number of ether oxygens (including phenoxy) is 2. The Bertz CT molecular complexity index is 1150. The van der Waals surface area contributed by atoms with Gasteiger partial charge in [-0.1, -0.05) is 24.3 Å². The molecule has 1 aromatic heterocycles. The van der Waals surface area contributed by atoms with Crippen LogP contribution >= 0.6 is 0 Å². The highest BCUT2D eigenvalue weighted by molar-refractivity contribution is 6.08. The Balaban J connectivity index is 1.67. The van der Waals surface area contributed by atoms with Crippen LogP contribution in [0.3, 0.4) is 0 Å². The summed E-state index contributed by atoms with van der Waals surface area (Å²) in [6.07, 6.45) is -0.446. The van der Waals surface area contributed by atoms with Crippen LogP contribution in [-0.4, -0.2) is 33.9 Å². The fourth-order valence-corrected chi connectivity index (χ4v) is 2.98. The number of ketones is 1. The molecule has 0 saturated carbocycles. The van der Waals surface area contributed by atoms with Gasteiger partial charge in [-0.05, 0) is 61.0 Å². The molecule has 0 aliphatic heterocycles. The molecule has 1 heterocycles. The highest BCUT2D eigenvalue weighted by Crippen LogP contribution is 2.23. The molecule has 1 atom stereocenters. The summed E-state index contributed by atoms with van der Waals surface area (Å²) >= 11 is 0. The molecule has 1 N–H and O–H groups in total. The zero-order valence-electron chi connectivity index (χ0n) is 17.5. The Labute approximate surface area is 187 Å². The fraction of sp³-hybridized carbons (Fsp3) is 0.167. The molecular weight excluding hydrogens is 439 g/mol. The lowest BCUT2D eigenvalue weighted by atomic mass is 10.1. The van der Waals surface area contributed by atoms with Crippen LogP contribution in [0, 0.1) is 0 Å². The number of carbonyl (C=O) groups is 2. The summed E-state index contributed by atoms with van der Waals surface area (Å²) in [5, 5.41) is 8.95. The Hall–Kier alpha value is -4.01. The quantitative estimate of drug-likeness (QED) is 0.446. The molecule has 9 heteroatoms. The van der Waals surface area contributed by atoms with Gasteiger partial charge in [0.25, 0.3) is 0 Å². The van der Waals surface area contributed by atoms with Crippen molar-refractivity contribution >= 4 is 17.8 Å². The van der Waals surface area contributed by atoms with Gasteiger partial charge in [-0.2, -0.15) is 0 Å². The van der Waals surface area contributed by atoms with Gasteiger partial charge < -0.3 is 19.1 Å². The first-order valence-corrected chi connectivity index (χ1v) is 9.84. The number of carbonyl (C=O) groups excluding carboxylic acids is 1. The number of aliphatic carboxylic acids is 1. The van der Waals surface area contributed by atoms with Gasteiger partial charge in [-0.15, -0.1) is 13.2 Å². The van der Waals surface area contributed by atoms with E-state index in [-0.39, 0.29) is 11.3 Å². The first-order chi connectivity index (χ1) is 15.6. The summed E-state index contributed by atoms with van der Waals surface area (Å²) in [6, 6.07) is 15.0. The van der Waals surface area contributed by atoms with Crippen LogP contribution in [0.1, 0.15) is 28.5 Å². The lowest BCUT2D eigenvalue weighted by molar-refractivity contribution is -0.274. The van der Waals surface area contributed by atoms with E-state index in [9.17, 15) is 22.8 Å². The second kappa shape index (κ2) is 10.1. The predicted molar refractivity (Wildman–Crippen MR) is 114 cm³/mol. The molecule has 3 aromatic rings. The molecule has 172 valence electrons. The number of nitrogens with zero attached hydrogens (tertiary/aromatic N) is 1. The third kappa shape index (κ3) is 6.73. The summed E-state index contributed by atoms with van der Waals surface area (Å²) in [5.41, 5.74) is 1.38. The van der Waals surface area contributed by atoms with Crippen LogP contribution in [-0.2, 0) is 11.3 Å². The van der Waals surface area contributed by atoms with Gasteiger partial charge in [0.05, 0.1) is 5.69 Å². The Kier molecular flexibility index (Phi) is 7.22. The molecule has 0 aliphatic rings. The van der Waals surface area contributed by atoms with E-state index in [4.69, 9.17) is 9.84 Å². The molecule has 1 unspecified atom stereocenters. The SMILES string of the molecule is CC(Oc1cccc(C=CCn2cccc2C(=O)c2ccc(OC(F)(F)F)cc2)c1)C(=O)O. The van der Waals surface area contributed by atoms with Crippen molar-refractivity contribution in [3.05, 3.63) is 89.8 Å². The monoisotopic (exact) mass is 459 g/mol. The van der Waals surface area contributed by atoms with E-state index >= 15 is 0 Å². The van der Waals surface area contributed by atoms with E-state index < -0.39 is 24.2 Å². The standard InChI is InChI=1S/C24H20F3NO5/c1-16(23(30)31)32-20-7-2-5-17(15-20)6-3-13-28-14-4-8-21(28)22(29)18-9-11-19(12-10-18)33-24(25,26)27/h2-12,14-16H,13H2,1H3,(H,30,31). The lowest BCUT2D eigenvalue weighted by Crippen LogP contribution is -2.22. The van der Waals surface area contributed by atoms with Gasteiger partial charge in [-0.3, -0.25) is 4.79 Å². The third-order valence-corrected chi connectivity index (χ3v) is 4.54. The molecule has 0 bridgehead atoms. The maximum atomic E-state index is 12.8. The van der Waals surface area contributed by atoms with E-state index in [1.54, 1.807) is 47.2 Å². The minimum atomic E-state index is -4.80. The summed E-state index contributed by atoms with van der Waals surface area (Å²) < 4.78 is 47.8. The number of allylic oxidation sites excluding steroid dienone is 1. The van der Waals surface area contributed by atoms with E-state index in [1.807, 2.05) is 12.1 Å². The van der Waals surface area contributed by atoms with Crippen molar-refractivity contribution in [2.45, 2.75) is 25.9 Å². The Morgan fingerprint density at radius 2 is 1.79 bits per heavy atom. The van der Waals surface area contributed by atoms with Gasteiger partial charge in [0.1, 0.15) is 11.5 Å². The number of alkyl halides is 3. The van der Waals surface area contributed by atoms with Crippen molar-refractivity contribution in [2.75, 3.05) is 0 Å². The van der Waals surface area contributed by atoms with Crippen molar-refractivity contribution in [1.82, 2.24) is 4.57 Å². The van der Waals surface area contributed by atoms with Crippen LogP contribution in [0.2, 0.25) is 0 Å². The average molecular weight is 459 g/mol. The number of carboxylic acids is 1. The molecule has 0 fully saturated rings. The molecular formula is C24H20F3NO5. The maximum Gasteiger partial charge on any atom is 0.573 e. The van der Waals surface area contributed by atoms with Crippen molar-refractivity contribution in [3.63, 3.8) is 0 Å². The lowest BCUT2D eigenvalue weighted by Gasteiger charge is -2.10. The molecule has 3 rings (SSSR count). The second-order valence-corrected chi connectivity index (χ2v) is 7.02. The number of rotatable bonds is 9. The molecule has 6 nitrogen and oxygen atoms in total. The normalized spacial score (nSPS) is 12.5. The Morgan fingerprint density at radius 1 is 1.06 bits per heavy atom. The summed E-state index contributed by atoms with van der Waals surface area (Å²) in [6.45, 7) is 1.80. The summed E-state index contributed by atoms with van der Waals surface area (Å²) in [5.74, 6) is -1.39. The van der Waals surface area contributed by atoms with E-state index in [0.717, 1.165) is 17.7 Å². The fourth-order valence-electron chi connectivity index (χ4n) is 2.98. The van der Waals surface area contributed by atoms with Gasteiger partial charge in [0.2, 0.25) is 5.78 Å². The first-order valence-electron chi connectivity index (χ1n) is 9.84. The molecule has 33 heavy (non-hydrogen) atoms. The average Bonchev–Trinajstić information content (AvgIpc) is 3.21. The van der Waals surface area contributed by atoms with Crippen LogP contribution in [0.25, 0.3) is 6.08 Å². The largest absolute Gasteiger partial charge is 0.573 e. The maximum absolute atomic E-state index is 12.8. The van der Waals surface area contributed by atoms with Gasteiger partial charge >= 0.3 is 12.3 Å². The smallest absolute Gasteiger partial charge is 0.479 e. The first kappa shape index (κ1) is 23.6. The number of hydrogen-bond acceptors (Lipinski definition) is 4. The molecule has 0 amide bonds. The molecule has 0 saturated heterocycles. The predicted octanol–water partition coefficient (Wildman–Crippen LogP) is 5.18. The number of benzene rings is 2. The van der Waals surface area contributed by atoms with Crippen molar-refractivity contribution in [1.29, 1.82) is 0 Å². The van der Waals surface area contributed by atoms with Crippen molar-refractivity contribution in [3.8, 4) is 11.5 Å². The molecule has 0 aliphatic carbocycles. The van der Waals surface area contributed by atoms with Gasteiger partial charge in [0.15, 0.2) is 6.10 Å².